The molecule has 0 spiro atoms. The van der Waals surface area contributed by atoms with Crippen LogP contribution in [-0.4, -0.2) is 76.3 Å². The molecule has 27 heteroatoms. The average molecular weight is 812 g/mol. The van der Waals surface area contributed by atoms with E-state index < -0.39 is 34.4 Å². The van der Waals surface area contributed by atoms with E-state index >= 15 is 0 Å². The molecule has 156 valence electrons. The molecule has 0 atom stereocenters. The van der Waals surface area contributed by atoms with Crippen molar-refractivity contribution in [2.75, 3.05) is 0 Å². The van der Waals surface area contributed by atoms with Gasteiger partial charge in [-0.25, -0.2) is 19.6 Å². The summed E-state index contributed by atoms with van der Waals surface area (Å²) in [7, 11) is -12.0. The van der Waals surface area contributed by atoms with E-state index in [0.29, 0.717) is 0 Å². The van der Waals surface area contributed by atoms with Crippen LogP contribution in [0.5, 0.6) is 0 Å². The Balaban J connectivity index is -0.00000000482. The molecule has 0 aromatic rings. The average Bonchev–Trinajstić information content (AvgIpc) is 1.76. The Morgan fingerprint density at radius 2 is 0.333 bits per heavy atom. The summed E-state index contributed by atoms with van der Waals surface area (Å²) in [5.74, 6) is 0. The molecule has 0 aliphatic carbocycles. The molecule has 20 N–H and O–H groups in total. The molecular weight excluding hydrogens is 788 g/mol. The van der Waals surface area contributed by atoms with Crippen molar-refractivity contribution < 1.29 is 203 Å². The van der Waals surface area contributed by atoms with E-state index in [9.17, 15) is 0 Å². The maximum atomic E-state index is 8.74. The van der Waals surface area contributed by atoms with Crippen LogP contribution in [0.15, 0.2) is 0 Å². The van der Waals surface area contributed by atoms with E-state index in [1.165, 1.54) is 0 Å². The standard InChI is InChI=1S/2H4O3P.2H3O3P.5H2O.6Zn/c4*1-4(2)3;;;;;;;;;;;/h2*1-4H;2*1-2,4H;5*1H2;;;;;;/q2*+1;;;;;;;;;;;;;. The third-order valence-electron chi connectivity index (χ3n) is 0. The van der Waals surface area contributed by atoms with Crippen LogP contribution in [0, 0.1) is 0 Å². The minimum absolute atomic E-state index is 0. The summed E-state index contributed by atoms with van der Waals surface area (Å²) >= 11 is 0. The van der Waals surface area contributed by atoms with Gasteiger partial charge in [0.2, 0.25) is 17.2 Å². The van der Waals surface area contributed by atoms with Crippen LogP contribution in [0.4, 0.5) is 0 Å². The second kappa shape index (κ2) is 96.9. The van der Waals surface area contributed by atoms with Gasteiger partial charge in [0.1, 0.15) is 0 Å². The summed E-state index contributed by atoms with van der Waals surface area (Å²) in [6.07, 6.45) is 0. The smallest absolute Gasteiger partial charge is 0.390 e. The van der Waals surface area contributed by atoms with Gasteiger partial charge in [0.15, 0.2) is 0 Å². The first kappa shape index (κ1) is 107. The monoisotopic (exact) mass is 804 g/mol. The van der Waals surface area contributed by atoms with Crippen molar-refractivity contribution in [2.45, 2.75) is 0 Å². The van der Waals surface area contributed by atoms with Crippen molar-refractivity contribution in [3.63, 3.8) is 0 Å². The fraction of sp³-hybridized carbons (Fsp3) is 0. The summed E-state index contributed by atoms with van der Waals surface area (Å²) < 4.78 is 0. The predicted molar refractivity (Wildman–Crippen MR) is 73.5 cm³/mol. The molecule has 0 heterocycles. The van der Waals surface area contributed by atoms with Crippen LogP contribution in [0.3, 0.4) is 0 Å². The molecule has 0 radical (unpaired) electrons. The minimum atomic E-state index is -3.13. The van der Waals surface area contributed by atoms with Crippen molar-refractivity contribution >= 4 is 34.4 Å². The van der Waals surface area contributed by atoms with Crippen molar-refractivity contribution in [3.05, 3.63) is 0 Å². The third kappa shape index (κ3) is 1120. The number of hydrogen-bond donors (Lipinski definition) is 10. The summed E-state index contributed by atoms with van der Waals surface area (Å²) in [5, 5.41) is 0. The second-order valence-electron chi connectivity index (χ2n) is 1.17. The molecule has 0 fully saturated rings. The van der Waals surface area contributed by atoms with Gasteiger partial charge in [0.05, 0.1) is 0 Å². The van der Waals surface area contributed by atoms with E-state index in [4.69, 9.17) is 58.7 Å². The maximum absolute atomic E-state index is 8.74. The third-order valence-corrected chi connectivity index (χ3v) is 0. The minimum Gasteiger partial charge on any atom is -0.634 e. The van der Waals surface area contributed by atoms with E-state index in [-0.39, 0.29) is 144 Å². The zero-order valence-corrected chi connectivity index (χ0v) is 35.8. The van der Waals surface area contributed by atoms with Gasteiger partial charge in [0, 0.05) is 117 Å². The largest absolute Gasteiger partial charge is 0.634 e. The molecule has 0 saturated carbocycles. The molecule has 0 amide bonds. The molecule has 0 aromatic carbocycles. The Bertz CT molecular complexity index is 78.4. The van der Waals surface area contributed by atoms with Crippen molar-refractivity contribution in [3.8, 4) is 0 Å². The predicted octanol–water partition coefficient (Wildman–Crippen LogP) is -9.71. The SMILES string of the molecule is O.O.O.O.O.O[PH+](O)O.O[PH+](O)O.[O-][PH+](O)O.[O-][PH+](O)O.[Zn].[Zn].[Zn].[Zn].[Zn].[Zn]. The van der Waals surface area contributed by atoms with Gasteiger partial charge in [-0.05, 0) is 0 Å². The molecule has 0 aliphatic rings. The maximum Gasteiger partial charge on any atom is 0.390 e. The van der Waals surface area contributed by atoms with Crippen LogP contribution in [0.2, 0.25) is 0 Å². The van der Waals surface area contributed by atoms with E-state index in [1.54, 1.807) is 0 Å². The van der Waals surface area contributed by atoms with Crippen LogP contribution in [0.1, 0.15) is 0 Å². The Labute approximate surface area is 235 Å². The Morgan fingerprint density at radius 3 is 0.333 bits per heavy atom. The molecule has 0 bridgehead atoms. The van der Waals surface area contributed by atoms with Gasteiger partial charge >= 0.3 is 17.2 Å². The molecule has 17 nitrogen and oxygen atoms in total. The van der Waals surface area contributed by atoms with Gasteiger partial charge in [-0.1, -0.05) is 0 Å². The summed E-state index contributed by atoms with van der Waals surface area (Å²) in [5.41, 5.74) is 0. The van der Waals surface area contributed by atoms with Gasteiger partial charge < -0.3 is 37.2 Å². The summed E-state index contributed by atoms with van der Waals surface area (Å²) in [4.78, 5) is 89.7. The molecule has 0 aromatic heterocycles. The number of rotatable bonds is 0. The molecule has 0 rings (SSSR count). The summed E-state index contributed by atoms with van der Waals surface area (Å²) in [6, 6.07) is 0. The summed E-state index contributed by atoms with van der Waals surface area (Å²) in [6.45, 7) is 0. The Hall–Kier alpha value is 4.78. The van der Waals surface area contributed by atoms with Crippen molar-refractivity contribution in [1.29, 1.82) is 0 Å². The van der Waals surface area contributed by atoms with E-state index in [2.05, 4.69) is 0 Å². The molecule has 0 saturated heterocycles. The zero-order valence-electron chi connectivity index (χ0n) is 14.0. The van der Waals surface area contributed by atoms with Gasteiger partial charge in [0.25, 0.3) is 0 Å². The van der Waals surface area contributed by atoms with Gasteiger partial charge in [-0.2, -0.15) is 29.4 Å². The Kier molecular flexibility index (Phi) is 384. The second-order valence-corrected chi connectivity index (χ2v) is 3.50. The Morgan fingerprint density at radius 1 is 0.333 bits per heavy atom. The normalized spacial score (nSPS) is 5.33. The molecular formula is H24O17P4Zn6+2. The van der Waals surface area contributed by atoms with Gasteiger partial charge in [-0.15, -0.1) is 0 Å². The van der Waals surface area contributed by atoms with Gasteiger partial charge in [-0.3, -0.25) is 0 Å². The van der Waals surface area contributed by atoms with Crippen LogP contribution in [0.25, 0.3) is 0 Å². The van der Waals surface area contributed by atoms with Crippen molar-refractivity contribution in [2.24, 2.45) is 0 Å². The topological polar surface area (TPSA) is 406 Å². The van der Waals surface area contributed by atoms with Crippen molar-refractivity contribution in [1.82, 2.24) is 0 Å². The van der Waals surface area contributed by atoms with E-state index in [0.717, 1.165) is 0 Å². The number of hydrogen-bond acceptors (Lipinski definition) is 12. The first-order valence-corrected chi connectivity index (χ1v) is 7.93. The van der Waals surface area contributed by atoms with Crippen LogP contribution >= 0.6 is 34.4 Å². The van der Waals surface area contributed by atoms with Crippen LogP contribution in [-0.2, 0) is 117 Å². The molecule has 0 aliphatic heterocycles. The first-order chi connectivity index (χ1) is 6.93. The van der Waals surface area contributed by atoms with E-state index in [1.807, 2.05) is 0 Å². The first-order valence-electron chi connectivity index (χ1n) is 2.64. The fourth-order valence-electron chi connectivity index (χ4n) is 0. The fourth-order valence-corrected chi connectivity index (χ4v) is 0. The van der Waals surface area contributed by atoms with Crippen LogP contribution < -0.4 is 9.79 Å². The zero-order chi connectivity index (χ0) is 14.3. The molecule has 27 heavy (non-hydrogen) atoms. The molecule has 0 unspecified atom stereocenters. The quantitative estimate of drug-likeness (QED) is 0.0806.